The summed E-state index contributed by atoms with van der Waals surface area (Å²) in [5.74, 6) is 0. The van der Waals surface area contributed by atoms with E-state index in [0.29, 0.717) is 0 Å². The Kier molecular flexibility index (Phi) is 10.5. The largest absolute Gasteiger partial charge is 4.00 e. The maximum absolute atomic E-state index is 2.26. The first-order valence-electron chi connectivity index (χ1n) is 8.64. The van der Waals surface area contributed by atoms with Gasteiger partial charge in [0, 0.05) is 0 Å². The monoisotopic (exact) mass is 622 g/mol. The van der Waals surface area contributed by atoms with Crippen molar-refractivity contribution in [3.63, 3.8) is 0 Å². The van der Waals surface area contributed by atoms with E-state index in [-0.39, 0.29) is 55.9 Å². The first-order valence-corrected chi connectivity index (χ1v) is 8.64. The Balaban J connectivity index is 0.000000451. The molecule has 0 unspecified atom stereocenters. The average molecular weight is 623 g/mol. The predicted molar refractivity (Wildman–Crippen MR) is 108 cm³/mol. The van der Waals surface area contributed by atoms with Gasteiger partial charge in [0.2, 0.25) is 0 Å². The Morgan fingerprint density at radius 2 is 0.889 bits per heavy atom. The molecule has 3 heteroatoms. The maximum Gasteiger partial charge on any atom is 4.00 e. The summed E-state index contributed by atoms with van der Waals surface area (Å²) in [6, 6.07) is 17.5. The minimum Gasteiger partial charge on any atom is -1.00 e. The van der Waals surface area contributed by atoms with Crippen LogP contribution in [0.3, 0.4) is 0 Å². The van der Waals surface area contributed by atoms with Crippen molar-refractivity contribution in [2.45, 2.75) is 41.5 Å². The van der Waals surface area contributed by atoms with Gasteiger partial charge in [-0.05, 0) is 13.8 Å². The van der Waals surface area contributed by atoms with Crippen LogP contribution < -0.4 is 24.8 Å². The molecule has 0 aliphatic rings. The van der Waals surface area contributed by atoms with Crippen LogP contribution in [0.4, 0.5) is 0 Å². The number of hydrogen-bond donors (Lipinski definition) is 0. The molecule has 0 spiro atoms. The number of rotatable bonds is 0. The zero-order valence-electron chi connectivity index (χ0n) is 16.9. The Morgan fingerprint density at radius 3 is 1.19 bits per heavy atom. The van der Waals surface area contributed by atoms with Gasteiger partial charge in [0.25, 0.3) is 0 Å². The van der Waals surface area contributed by atoms with Gasteiger partial charge >= 0.3 is 31.1 Å². The summed E-state index contributed by atoms with van der Waals surface area (Å²) in [6.45, 7) is 13.1. The van der Waals surface area contributed by atoms with Crippen molar-refractivity contribution in [1.29, 1.82) is 0 Å². The molecule has 4 aromatic carbocycles. The van der Waals surface area contributed by atoms with E-state index in [4.69, 9.17) is 0 Å². The van der Waals surface area contributed by atoms with Gasteiger partial charge in [0.05, 0.1) is 0 Å². The van der Waals surface area contributed by atoms with Gasteiger partial charge in [-0.25, -0.2) is 0 Å². The van der Waals surface area contributed by atoms with Crippen molar-refractivity contribution in [1.82, 2.24) is 0 Å². The Labute approximate surface area is 199 Å². The van der Waals surface area contributed by atoms with Crippen LogP contribution in [0, 0.1) is 72.7 Å². The Morgan fingerprint density at radius 1 is 0.556 bits per heavy atom. The maximum atomic E-state index is 2.26. The van der Waals surface area contributed by atoms with Crippen LogP contribution >= 0.6 is 0 Å². The van der Waals surface area contributed by atoms with E-state index in [0.717, 1.165) is 0 Å². The molecule has 0 saturated carbocycles. The second kappa shape index (κ2) is 10.7. The quantitative estimate of drug-likeness (QED) is 0.257. The van der Waals surface area contributed by atoms with Crippen molar-refractivity contribution in [3.05, 3.63) is 81.9 Å². The molecule has 0 aliphatic carbocycles. The number of aryl methyl sites for hydroxylation is 6. The van der Waals surface area contributed by atoms with Gasteiger partial charge in [-0.3, -0.25) is 0 Å². The van der Waals surface area contributed by atoms with Crippen molar-refractivity contribution in [2.75, 3.05) is 0 Å². The van der Waals surface area contributed by atoms with E-state index in [1.807, 2.05) is 0 Å². The summed E-state index contributed by atoms with van der Waals surface area (Å²) in [7, 11) is 0. The van der Waals surface area contributed by atoms with Crippen LogP contribution in [0.2, 0.25) is 0 Å². The molecule has 0 saturated heterocycles. The first-order chi connectivity index (χ1) is 11.4. The molecule has 0 amide bonds. The van der Waals surface area contributed by atoms with Crippen molar-refractivity contribution in [3.8, 4) is 0 Å². The van der Waals surface area contributed by atoms with Gasteiger partial charge in [-0.15, -0.1) is 69.1 Å². The molecule has 0 atom stereocenters. The van der Waals surface area contributed by atoms with Gasteiger partial charge < -0.3 is 24.8 Å². The summed E-state index contributed by atoms with van der Waals surface area (Å²) in [6.07, 6.45) is 0. The van der Waals surface area contributed by atoms with Crippen molar-refractivity contribution >= 4 is 21.5 Å². The zero-order valence-corrected chi connectivity index (χ0v) is 22.6. The summed E-state index contributed by atoms with van der Waals surface area (Å²) < 4.78 is 0. The number of fused-ring (bicyclic) bond motifs is 2. The number of halogens is 2. The molecule has 0 nitrogen and oxygen atoms in total. The van der Waals surface area contributed by atoms with Crippen LogP contribution in [-0.4, -0.2) is 0 Å². The Bertz CT molecular complexity index is 938. The van der Waals surface area contributed by atoms with Gasteiger partial charge in [0.15, 0.2) is 0 Å². The minimum atomic E-state index is 0. The van der Waals surface area contributed by atoms with Crippen LogP contribution in [0.25, 0.3) is 21.5 Å². The molecular weight excluding hydrogens is 597 g/mol. The molecule has 140 valence electrons. The van der Waals surface area contributed by atoms with E-state index in [2.05, 4.69) is 90.1 Å². The molecule has 0 N–H and O–H groups in total. The average Bonchev–Trinajstić information content (AvgIpc) is 2.99. The molecule has 0 aliphatic heterocycles. The van der Waals surface area contributed by atoms with Crippen molar-refractivity contribution < 1.29 is 55.9 Å². The second-order valence-corrected chi connectivity index (χ2v) is 6.98. The normalized spacial score (nSPS) is 9.70. The third kappa shape index (κ3) is 5.22. The molecular formula is C24H26Cl2U. The first kappa shape index (κ1) is 26.3. The minimum absolute atomic E-state index is 0. The summed E-state index contributed by atoms with van der Waals surface area (Å²) >= 11 is 0. The molecule has 0 aromatic heterocycles. The van der Waals surface area contributed by atoms with E-state index in [9.17, 15) is 0 Å². The fraction of sp³-hybridized carbons (Fsp3) is 0.250. The van der Waals surface area contributed by atoms with Crippen LogP contribution in [0.1, 0.15) is 33.4 Å². The molecule has 0 fully saturated rings. The van der Waals surface area contributed by atoms with Gasteiger partial charge in [-0.2, -0.15) is 11.1 Å². The van der Waals surface area contributed by atoms with Gasteiger partial charge in [-0.1, -0.05) is 51.0 Å². The summed E-state index contributed by atoms with van der Waals surface area (Å²) in [5, 5.41) is 5.64. The van der Waals surface area contributed by atoms with E-state index in [1.54, 1.807) is 0 Å². The molecule has 27 heavy (non-hydrogen) atoms. The molecule has 4 aromatic rings. The van der Waals surface area contributed by atoms with Crippen LogP contribution in [0.5, 0.6) is 0 Å². The van der Waals surface area contributed by atoms with Crippen molar-refractivity contribution in [2.24, 2.45) is 0 Å². The standard InChI is InChI=1S/2C12H13.2ClH.U/c2*1-8-5-4-6-11-7-9(2)10(3)12(8)11;;;/h2*4-7H,1-3H3;2*1H;/q2*-1;;;+4/p-2. The molecule has 0 radical (unpaired) electrons. The smallest absolute Gasteiger partial charge is 1.00 e. The SMILES string of the molecule is Cc1[cH-]c2cccc(C)c2c1C.Cc1[cH-]c2cccc(C)c2c1C.[Cl-].[Cl-].[U+4]. The molecule has 0 bridgehead atoms. The zero-order chi connectivity index (χ0) is 17.4. The summed E-state index contributed by atoms with van der Waals surface area (Å²) in [4.78, 5) is 0. The number of hydrogen-bond acceptors (Lipinski definition) is 0. The fourth-order valence-electron chi connectivity index (χ4n) is 3.72. The third-order valence-electron chi connectivity index (χ3n) is 5.29. The van der Waals surface area contributed by atoms with Gasteiger partial charge in [0.1, 0.15) is 0 Å². The van der Waals surface area contributed by atoms with E-state index >= 15 is 0 Å². The Hall–Kier alpha value is -0.708. The molecule has 4 rings (SSSR count). The molecule has 0 heterocycles. The topological polar surface area (TPSA) is 0 Å². The number of benzene rings is 2. The van der Waals surface area contributed by atoms with E-state index < -0.39 is 0 Å². The third-order valence-corrected chi connectivity index (χ3v) is 5.29. The fourth-order valence-corrected chi connectivity index (χ4v) is 3.72. The van der Waals surface area contributed by atoms with E-state index in [1.165, 1.54) is 54.9 Å². The predicted octanol–water partition coefficient (Wildman–Crippen LogP) is 0.976. The summed E-state index contributed by atoms with van der Waals surface area (Å²) in [5.41, 5.74) is 8.45. The second-order valence-electron chi connectivity index (χ2n) is 6.98. The van der Waals surface area contributed by atoms with Crippen LogP contribution in [-0.2, 0) is 0 Å². The van der Waals surface area contributed by atoms with Crippen LogP contribution in [0.15, 0.2) is 48.5 Å².